The fourth-order valence-corrected chi connectivity index (χ4v) is 3.81. The number of halogens is 1. The standard InChI is InChI=1S/C24H25FN4O4S/c1-15(2)29-21(12-13-26-29)28-23(31)16(3)33-24(32)19-6-4-5-7-20(19)34-14-22(30)27-18-10-8-17(25)9-11-18/h4-13,15-16H,14H2,1-3H3,(H,27,30)(H,28,31)/t16-/m1/s1. The quantitative estimate of drug-likeness (QED) is 0.342. The van der Waals surface area contributed by atoms with Crippen molar-refractivity contribution in [2.75, 3.05) is 16.4 Å². The van der Waals surface area contributed by atoms with E-state index >= 15 is 0 Å². The van der Waals surface area contributed by atoms with Gasteiger partial charge >= 0.3 is 5.97 Å². The summed E-state index contributed by atoms with van der Waals surface area (Å²) < 4.78 is 20.0. The first-order valence-corrected chi connectivity index (χ1v) is 11.6. The number of hydrogen-bond donors (Lipinski definition) is 2. The highest BCUT2D eigenvalue weighted by molar-refractivity contribution is 8.00. The van der Waals surface area contributed by atoms with Gasteiger partial charge in [0, 0.05) is 22.7 Å². The van der Waals surface area contributed by atoms with E-state index in [2.05, 4.69) is 15.7 Å². The van der Waals surface area contributed by atoms with E-state index in [1.165, 1.54) is 31.2 Å². The summed E-state index contributed by atoms with van der Waals surface area (Å²) in [6.45, 7) is 5.34. The first-order chi connectivity index (χ1) is 16.2. The monoisotopic (exact) mass is 484 g/mol. The van der Waals surface area contributed by atoms with Gasteiger partial charge in [0.05, 0.1) is 17.5 Å². The van der Waals surface area contributed by atoms with Crippen LogP contribution in [-0.4, -0.2) is 39.4 Å². The molecule has 1 atom stereocenters. The summed E-state index contributed by atoms with van der Waals surface area (Å²) in [5.41, 5.74) is 0.715. The van der Waals surface area contributed by atoms with Gasteiger partial charge < -0.3 is 15.4 Å². The molecule has 10 heteroatoms. The van der Waals surface area contributed by atoms with Crippen LogP contribution < -0.4 is 10.6 Å². The number of nitrogens with zero attached hydrogens (tertiary/aromatic N) is 2. The second kappa shape index (κ2) is 11.5. The Kier molecular flexibility index (Phi) is 8.42. The third-order valence-corrected chi connectivity index (χ3v) is 5.73. The molecule has 2 N–H and O–H groups in total. The minimum absolute atomic E-state index is 0.0247. The first kappa shape index (κ1) is 25.0. The van der Waals surface area contributed by atoms with E-state index in [0.717, 1.165) is 11.8 Å². The molecule has 0 saturated carbocycles. The van der Waals surface area contributed by atoms with Crippen molar-refractivity contribution in [3.63, 3.8) is 0 Å². The van der Waals surface area contributed by atoms with Crippen molar-refractivity contribution >= 4 is 41.1 Å². The van der Waals surface area contributed by atoms with Gasteiger partial charge in [-0.15, -0.1) is 11.8 Å². The van der Waals surface area contributed by atoms with Crippen LogP contribution >= 0.6 is 11.8 Å². The number of anilines is 2. The van der Waals surface area contributed by atoms with Crippen LogP contribution in [0.15, 0.2) is 65.7 Å². The number of hydrogen-bond acceptors (Lipinski definition) is 6. The van der Waals surface area contributed by atoms with Crippen molar-refractivity contribution in [1.82, 2.24) is 9.78 Å². The minimum atomic E-state index is -1.05. The largest absolute Gasteiger partial charge is 0.449 e. The summed E-state index contributed by atoms with van der Waals surface area (Å²) in [6, 6.07) is 13.8. The summed E-state index contributed by atoms with van der Waals surface area (Å²) >= 11 is 1.15. The van der Waals surface area contributed by atoms with Gasteiger partial charge in [-0.1, -0.05) is 12.1 Å². The lowest BCUT2D eigenvalue weighted by molar-refractivity contribution is -0.123. The number of aromatic nitrogens is 2. The topological polar surface area (TPSA) is 102 Å². The van der Waals surface area contributed by atoms with Crippen LogP contribution in [0.5, 0.6) is 0 Å². The molecule has 0 spiro atoms. The number of benzene rings is 2. The zero-order chi connectivity index (χ0) is 24.7. The molecule has 0 bridgehead atoms. The first-order valence-electron chi connectivity index (χ1n) is 10.6. The van der Waals surface area contributed by atoms with Gasteiger partial charge in [0.25, 0.3) is 5.91 Å². The van der Waals surface area contributed by atoms with Gasteiger partial charge in [0.1, 0.15) is 11.6 Å². The van der Waals surface area contributed by atoms with Gasteiger partial charge in [0.2, 0.25) is 5.91 Å². The molecular weight excluding hydrogens is 459 g/mol. The summed E-state index contributed by atoms with van der Waals surface area (Å²) in [5, 5.41) is 9.53. The number of ether oxygens (including phenoxy) is 1. The fourth-order valence-electron chi connectivity index (χ4n) is 2.96. The molecule has 1 aromatic heterocycles. The van der Waals surface area contributed by atoms with Crippen molar-refractivity contribution in [3.05, 3.63) is 72.2 Å². The number of thioether (sulfide) groups is 1. The number of carbonyl (C=O) groups excluding carboxylic acids is 3. The van der Waals surface area contributed by atoms with Gasteiger partial charge in [0.15, 0.2) is 6.10 Å². The fraction of sp³-hybridized carbons (Fsp3) is 0.250. The highest BCUT2D eigenvalue weighted by atomic mass is 32.2. The van der Waals surface area contributed by atoms with Crippen LogP contribution in [0.3, 0.4) is 0 Å². The third-order valence-electron chi connectivity index (χ3n) is 4.66. The van der Waals surface area contributed by atoms with Gasteiger partial charge in [-0.2, -0.15) is 5.10 Å². The molecule has 178 valence electrons. The Morgan fingerprint density at radius 2 is 1.74 bits per heavy atom. The van der Waals surface area contributed by atoms with Crippen LogP contribution in [0, 0.1) is 5.82 Å². The Morgan fingerprint density at radius 1 is 1.03 bits per heavy atom. The molecule has 2 amide bonds. The maximum atomic E-state index is 13.0. The molecule has 0 saturated heterocycles. The van der Waals surface area contributed by atoms with Crippen LogP contribution in [0.1, 0.15) is 37.2 Å². The lowest BCUT2D eigenvalue weighted by Crippen LogP contribution is -2.31. The van der Waals surface area contributed by atoms with E-state index in [9.17, 15) is 18.8 Å². The van der Waals surface area contributed by atoms with Crippen molar-refractivity contribution in [2.45, 2.75) is 37.8 Å². The van der Waals surface area contributed by atoms with Crippen LogP contribution in [0.2, 0.25) is 0 Å². The van der Waals surface area contributed by atoms with Crippen molar-refractivity contribution in [2.24, 2.45) is 0 Å². The van der Waals surface area contributed by atoms with E-state index in [0.29, 0.717) is 16.4 Å². The maximum Gasteiger partial charge on any atom is 0.340 e. The minimum Gasteiger partial charge on any atom is -0.449 e. The number of rotatable bonds is 9. The van der Waals surface area contributed by atoms with Crippen molar-refractivity contribution in [1.29, 1.82) is 0 Å². The SMILES string of the molecule is CC(C)n1nccc1NC(=O)[C@@H](C)OC(=O)c1ccccc1SCC(=O)Nc1ccc(F)cc1. The average Bonchev–Trinajstić information content (AvgIpc) is 3.27. The maximum absolute atomic E-state index is 13.0. The van der Waals surface area contributed by atoms with E-state index in [4.69, 9.17) is 4.74 Å². The molecular formula is C24H25FN4O4S. The van der Waals surface area contributed by atoms with Crippen LogP contribution in [-0.2, 0) is 14.3 Å². The van der Waals surface area contributed by atoms with Crippen LogP contribution in [0.25, 0.3) is 0 Å². The molecule has 0 unspecified atom stereocenters. The van der Waals surface area contributed by atoms with Crippen molar-refractivity contribution in [3.8, 4) is 0 Å². The van der Waals surface area contributed by atoms with E-state index in [1.54, 1.807) is 41.2 Å². The summed E-state index contributed by atoms with van der Waals surface area (Å²) in [4.78, 5) is 38.1. The molecule has 3 aromatic rings. The van der Waals surface area contributed by atoms with E-state index in [1.807, 2.05) is 13.8 Å². The molecule has 3 rings (SSSR count). The lowest BCUT2D eigenvalue weighted by Gasteiger charge is -2.16. The molecule has 2 aromatic carbocycles. The normalized spacial score (nSPS) is 11.7. The summed E-state index contributed by atoms with van der Waals surface area (Å²) in [5.74, 6) is -1.34. The average molecular weight is 485 g/mol. The number of esters is 1. The Labute approximate surface area is 200 Å². The van der Waals surface area contributed by atoms with Gasteiger partial charge in [-0.3, -0.25) is 9.59 Å². The van der Waals surface area contributed by atoms with Crippen molar-refractivity contribution < 1.29 is 23.5 Å². The summed E-state index contributed by atoms with van der Waals surface area (Å²) in [7, 11) is 0. The van der Waals surface area contributed by atoms with Crippen LogP contribution in [0.4, 0.5) is 15.9 Å². The summed E-state index contributed by atoms with van der Waals surface area (Å²) in [6.07, 6.45) is 0.522. The molecule has 0 aliphatic heterocycles. The molecule has 1 heterocycles. The van der Waals surface area contributed by atoms with Gasteiger partial charge in [-0.05, 0) is 57.2 Å². The molecule has 0 aliphatic carbocycles. The predicted molar refractivity (Wildman–Crippen MR) is 128 cm³/mol. The zero-order valence-corrected chi connectivity index (χ0v) is 19.8. The van der Waals surface area contributed by atoms with Gasteiger partial charge in [-0.25, -0.2) is 13.9 Å². The van der Waals surface area contributed by atoms with E-state index in [-0.39, 0.29) is 23.3 Å². The molecule has 34 heavy (non-hydrogen) atoms. The number of nitrogens with one attached hydrogen (secondary N) is 2. The molecule has 8 nitrogen and oxygen atoms in total. The Bertz CT molecular complexity index is 1160. The Balaban J connectivity index is 1.58. The highest BCUT2D eigenvalue weighted by Gasteiger charge is 2.22. The molecule has 0 fully saturated rings. The Morgan fingerprint density at radius 3 is 2.44 bits per heavy atom. The molecule has 0 radical (unpaired) electrons. The number of carbonyl (C=O) groups is 3. The number of amides is 2. The predicted octanol–water partition coefficient (Wildman–Crippen LogP) is 4.52. The van der Waals surface area contributed by atoms with E-state index < -0.39 is 23.8 Å². The zero-order valence-electron chi connectivity index (χ0n) is 18.9. The second-order valence-electron chi connectivity index (χ2n) is 7.63. The smallest absolute Gasteiger partial charge is 0.340 e. The lowest BCUT2D eigenvalue weighted by atomic mass is 10.2. The third kappa shape index (κ3) is 6.67. The highest BCUT2D eigenvalue weighted by Crippen LogP contribution is 2.24. The Hall–Kier alpha value is -3.66. The second-order valence-corrected chi connectivity index (χ2v) is 8.65. The molecule has 0 aliphatic rings.